The molecule has 1 aromatic heterocycles. The first kappa shape index (κ1) is 20.6. The Balaban J connectivity index is 1.40. The van der Waals surface area contributed by atoms with Crippen LogP contribution in [0.3, 0.4) is 0 Å². The number of ether oxygens (including phenoxy) is 2. The van der Waals surface area contributed by atoms with Crippen LogP contribution in [0.25, 0.3) is 22.8 Å². The maximum Gasteiger partial charge on any atom is 0.256 e. The van der Waals surface area contributed by atoms with Crippen molar-refractivity contribution in [2.45, 2.75) is 18.9 Å². The number of fused-ring (bicyclic) bond motifs is 1. The van der Waals surface area contributed by atoms with Crippen LogP contribution in [0.4, 0.5) is 5.69 Å². The first-order valence-corrected chi connectivity index (χ1v) is 10.7. The number of carbonyl (C=O) groups is 1. The largest absolute Gasteiger partial charge is 0.493 e. The SMILES string of the molecule is COc1cc(/C=C2\C(=O)Nc3cc(Cl)c(-c4ccc(OCC5CC(O)C5)cc4)cc32)on1. The van der Waals surface area contributed by atoms with Gasteiger partial charge < -0.3 is 24.4 Å². The van der Waals surface area contributed by atoms with E-state index in [4.69, 9.17) is 25.6 Å². The summed E-state index contributed by atoms with van der Waals surface area (Å²) in [7, 11) is 1.49. The van der Waals surface area contributed by atoms with Gasteiger partial charge in [-0.15, -0.1) is 0 Å². The summed E-state index contributed by atoms with van der Waals surface area (Å²) in [5, 5.41) is 16.5. The summed E-state index contributed by atoms with van der Waals surface area (Å²) in [6.07, 6.45) is 3.04. The maximum atomic E-state index is 12.5. The zero-order valence-corrected chi connectivity index (χ0v) is 18.1. The molecule has 2 heterocycles. The van der Waals surface area contributed by atoms with Crippen molar-refractivity contribution in [3.8, 4) is 22.8 Å². The fraction of sp³-hybridized carbons (Fsp3) is 0.250. The second-order valence-corrected chi connectivity index (χ2v) is 8.40. The molecule has 164 valence electrons. The van der Waals surface area contributed by atoms with E-state index in [-0.39, 0.29) is 12.0 Å². The van der Waals surface area contributed by atoms with Gasteiger partial charge in [0.2, 0.25) is 0 Å². The molecule has 32 heavy (non-hydrogen) atoms. The highest BCUT2D eigenvalue weighted by atomic mass is 35.5. The normalized spacial score (nSPS) is 20.6. The molecule has 0 saturated heterocycles. The van der Waals surface area contributed by atoms with Gasteiger partial charge >= 0.3 is 0 Å². The lowest BCUT2D eigenvalue weighted by atomic mass is 9.83. The fourth-order valence-corrected chi connectivity index (χ4v) is 4.21. The van der Waals surface area contributed by atoms with E-state index in [1.54, 1.807) is 18.2 Å². The molecular formula is C24H21ClN2O5. The van der Waals surface area contributed by atoms with Gasteiger partial charge in [-0.25, -0.2) is 0 Å². The van der Waals surface area contributed by atoms with E-state index < -0.39 is 0 Å². The molecule has 0 bridgehead atoms. The highest BCUT2D eigenvalue weighted by Crippen LogP contribution is 2.41. The molecule has 1 saturated carbocycles. The van der Waals surface area contributed by atoms with Crippen LogP contribution < -0.4 is 14.8 Å². The first-order valence-electron chi connectivity index (χ1n) is 10.3. The minimum atomic E-state index is -0.242. The number of aromatic nitrogens is 1. The highest BCUT2D eigenvalue weighted by molar-refractivity contribution is 6.38. The second kappa shape index (κ2) is 8.33. The number of rotatable bonds is 6. The minimum absolute atomic E-state index is 0.181. The number of amides is 1. The Bertz CT molecular complexity index is 1200. The Kier molecular flexibility index (Phi) is 5.36. The number of anilines is 1. The van der Waals surface area contributed by atoms with Crippen LogP contribution in [0.15, 0.2) is 47.0 Å². The number of aliphatic hydroxyl groups excluding tert-OH is 1. The van der Waals surface area contributed by atoms with Crippen molar-refractivity contribution < 1.29 is 23.9 Å². The number of aliphatic hydroxyl groups is 1. The molecule has 1 aliphatic heterocycles. The Labute approximate surface area is 189 Å². The van der Waals surface area contributed by atoms with Gasteiger partial charge in [-0.3, -0.25) is 4.79 Å². The van der Waals surface area contributed by atoms with Crippen LogP contribution in [0.1, 0.15) is 24.2 Å². The standard InChI is InChI=1S/C24H21ClN2O5/c1-30-23-9-17(32-27-23)8-20-19-10-18(21(25)11-22(19)26-24(20)29)14-2-4-16(5-3-14)31-12-13-6-15(28)7-13/h2-5,8-11,13,15,28H,6-7,12H2,1H3,(H,26,29)/b20-8-. The van der Waals surface area contributed by atoms with Crippen LogP contribution in [0.2, 0.25) is 5.02 Å². The third-order valence-electron chi connectivity index (χ3n) is 5.75. The Hall–Kier alpha value is -3.29. The van der Waals surface area contributed by atoms with E-state index in [0.717, 1.165) is 35.3 Å². The van der Waals surface area contributed by atoms with Crippen LogP contribution in [-0.4, -0.2) is 36.0 Å². The van der Waals surface area contributed by atoms with Gasteiger partial charge in [0.05, 0.1) is 36.1 Å². The molecule has 2 aliphatic rings. The fourth-order valence-electron chi connectivity index (χ4n) is 3.94. The van der Waals surface area contributed by atoms with Crippen molar-refractivity contribution in [2.24, 2.45) is 5.92 Å². The molecule has 3 aromatic rings. The Morgan fingerprint density at radius 2 is 2.00 bits per heavy atom. The number of hydrogen-bond acceptors (Lipinski definition) is 6. The molecule has 0 atom stereocenters. The number of benzene rings is 2. The van der Waals surface area contributed by atoms with E-state index in [9.17, 15) is 9.90 Å². The summed E-state index contributed by atoms with van der Waals surface area (Å²) in [5.74, 6) is 1.69. The van der Waals surface area contributed by atoms with Gasteiger partial charge in [-0.2, -0.15) is 0 Å². The molecule has 1 amide bonds. The van der Waals surface area contributed by atoms with Crippen molar-refractivity contribution >= 4 is 34.8 Å². The van der Waals surface area contributed by atoms with Crippen molar-refractivity contribution in [1.29, 1.82) is 0 Å². The summed E-state index contributed by atoms with van der Waals surface area (Å²) in [6, 6.07) is 12.9. The topological polar surface area (TPSA) is 93.8 Å². The van der Waals surface area contributed by atoms with Crippen LogP contribution in [0.5, 0.6) is 11.6 Å². The number of hydrogen-bond donors (Lipinski definition) is 2. The van der Waals surface area contributed by atoms with Crippen molar-refractivity contribution in [2.75, 3.05) is 19.0 Å². The Morgan fingerprint density at radius 3 is 2.69 bits per heavy atom. The lowest BCUT2D eigenvalue weighted by molar-refractivity contribution is -0.110. The number of halogens is 1. The van der Waals surface area contributed by atoms with Gasteiger partial charge in [0.1, 0.15) is 5.75 Å². The predicted molar refractivity (Wildman–Crippen MR) is 121 cm³/mol. The lowest BCUT2D eigenvalue weighted by Crippen LogP contribution is -2.32. The molecule has 1 fully saturated rings. The van der Waals surface area contributed by atoms with Crippen molar-refractivity contribution in [3.63, 3.8) is 0 Å². The third kappa shape index (κ3) is 3.97. The van der Waals surface area contributed by atoms with Gasteiger partial charge in [0.15, 0.2) is 5.76 Å². The highest BCUT2D eigenvalue weighted by Gasteiger charge is 2.28. The quantitative estimate of drug-likeness (QED) is 0.529. The summed E-state index contributed by atoms with van der Waals surface area (Å²) in [6.45, 7) is 0.602. The van der Waals surface area contributed by atoms with Crippen molar-refractivity contribution in [1.82, 2.24) is 5.16 Å². The van der Waals surface area contributed by atoms with Crippen LogP contribution in [0, 0.1) is 5.92 Å². The molecule has 1 aliphatic carbocycles. The molecule has 0 radical (unpaired) electrons. The Morgan fingerprint density at radius 1 is 1.22 bits per heavy atom. The molecule has 7 nitrogen and oxygen atoms in total. The average Bonchev–Trinajstić information content (AvgIpc) is 3.34. The van der Waals surface area contributed by atoms with Gasteiger partial charge in [0.25, 0.3) is 11.8 Å². The van der Waals surface area contributed by atoms with E-state index in [2.05, 4.69) is 10.5 Å². The summed E-state index contributed by atoms with van der Waals surface area (Å²) >= 11 is 6.53. The minimum Gasteiger partial charge on any atom is -0.493 e. The van der Waals surface area contributed by atoms with Gasteiger partial charge in [-0.1, -0.05) is 23.7 Å². The second-order valence-electron chi connectivity index (χ2n) is 7.99. The lowest BCUT2D eigenvalue weighted by Gasteiger charge is -2.30. The van der Waals surface area contributed by atoms with Gasteiger partial charge in [-0.05, 0) is 59.8 Å². The van der Waals surface area contributed by atoms with Gasteiger partial charge in [0, 0.05) is 17.2 Å². The summed E-state index contributed by atoms with van der Waals surface area (Å²) in [5.41, 5.74) is 3.54. The van der Waals surface area contributed by atoms with E-state index in [1.165, 1.54) is 7.11 Å². The summed E-state index contributed by atoms with van der Waals surface area (Å²) < 4.78 is 16.1. The average molecular weight is 453 g/mol. The van der Waals surface area contributed by atoms with E-state index in [1.807, 2.05) is 30.3 Å². The number of nitrogens with one attached hydrogen (secondary N) is 1. The molecular weight excluding hydrogens is 432 g/mol. The molecule has 2 aromatic carbocycles. The maximum absolute atomic E-state index is 12.5. The molecule has 0 unspecified atom stereocenters. The molecule has 0 spiro atoms. The third-order valence-corrected chi connectivity index (χ3v) is 6.07. The zero-order valence-electron chi connectivity index (χ0n) is 17.3. The first-order chi connectivity index (χ1) is 15.5. The van der Waals surface area contributed by atoms with Crippen LogP contribution in [-0.2, 0) is 4.79 Å². The summed E-state index contributed by atoms with van der Waals surface area (Å²) in [4.78, 5) is 12.5. The molecule has 5 rings (SSSR count). The number of carbonyl (C=O) groups excluding carboxylic acids is 1. The van der Waals surface area contributed by atoms with Crippen molar-refractivity contribution in [3.05, 3.63) is 58.8 Å². The molecule has 8 heteroatoms. The smallest absolute Gasteiger partial charge is 0.256 e. The number of nitrogens with zero attached hydrogens (tertiary/aromatic N) is 1. The monoisotopic (exact) mass is 452 g/mol. The van der Waals surface area contributed by atoms with E-state index in [0.29, 0.717) is 40.4 Å². The van der Waals surface area contributed by atoms with E-state index >= 15 is 0 Å². The van der Waals surface area contributed by atoms with Crippen LogP contribution >= 0.6 is 11.6 Å². The number of methoxy groups -OCH3 is 1. The molecule has 2 N–H and O–H groups in total. The zero-order chi connectivity index (χ0) is 22.2. The predicted octanol–water partition coefficient (Wildman–Crippen LogP) is 4.65.